The van der Waals surface area contributed by atoms with Crippen LogP contribution in [0.25, 0.3) is 22.3 Å². The summed E-state index contributed by atoms with van der Waals surface area (Å²) in [5.41, 5.74) is 7.74. The molecule has 0 atom stereocenters. The molecule has 0 spiro atoms. The average molecular weight is 691 g/mol. The van der Waals surface area contributed by atoms with Crippen LogP contribution < -0.4 is 14.2 Å². The topological polar surface area (TPSA) is 27.7 Å². The minimum atomic E-state index is 0.759. The number of benzene rings is 4. The Kier molecular flexibility index (Phi) is 19.2. The maximum Gasteiger partial charge on any atom is 0.123 e. The molecule has 0 aliphatic rings. The third-order valence-electron chi connectivity index (χ3n) is 9.79. The van der Waals surface area contributed by atoms with Crippen LogP contribution in [-0.2, 0) is 12.8 Å². The predicted molar refractivity (Wildman–Crippen MR) is 219 cm³/mol. The largest absolute Gasteiger partial charge is 0.494 e. The van der Waals surface area contributed by atoms with E-state index in [0.29, 0.717) is 0 Å². The van der Waals surface area contributed by atoms with Crippen LogP contribution in [0.1, 0.15) is 135 Å². The van der Waals surface area contributed by atoms with Gasteiger partial charge in [-0.2, -0.15) is 0 Å². The lowest BCUT2D eigenvalue weighted by Crippen LogP contribution is -2.00. The average Bonchev–Trinajstić information content (AvgIpc) is 3.16. The van der Waals surface area contributed by atoms with Gasteiger partial charge in [0.1, 0.15) is 17.2 Å². The van der Waals surface area contributed by atoms with E-state index in [1.165, 1.54) is 117 Å². The van der Waals surface area contributed by atoms with Gasteiger partial charge in [0.2, 0.25) is 0 Å². The summed E-state index contributed by atoms with van der Waals surface area (Å²) in [6, 6.07) is 33.2. The number of hydrogen-bond acceptors (Lipinski definition) is 3. The molecule has 0 bridgehead atoms. The van der Waals surface area contributed by atoms with E-state index in [9.17, 15) is 0 Å². The van der Waals surface area contributed by atoms with Crippen molar-refractivity contribution in [3.05, 3.63) is 102 Å². The van der Waals surface area contributed by atoms with Gasteiger partial charge in [-0.25, -0.2) is 0 Å². The van der Waals surface area contributed by atoms with Crippen LogP contribution in [0, 0.1) is 0 Å². The van der Waals surface area contributed by atoms with E-state index in [-0.39, 0.29) is 0 Å². The Morgan fingerprint density at radius 1 is 0.314 bits per heavy atom. The van der Waals surface area contributed by atoms with Crippen LogP contribution in [0.4, 0.5) is 0 Å². The molecule has 0 heterocycles. The molecule has 0 radical (unpaired) electrons. The van der Waals surface area contributed by atoms with Gasteiger partial charge in [0.05, 0.1) is 19.8 Å². The Morgan fingerprint density at radius 3 is 1.08 bits per heavy atom. The number of hydrogen-bond donors (Lipinski definition) is 0. The van der Waals surface area contributed by atoms with Crippen molar-refractivity contribution in [3.8, 4) is 39.5 Å². The van der Waals surface area contributed by atoms with Gasteiger partial charge in [-0.15, -0.1) is 0 Å². The van der Waals surface area contributed by atoms with Crippen molar-refractivity contribution in [2.24, 2.45) is 0 Å². The predicted octanol–water partition coefficient (Wildman–Crippen LogP) is 14.2. The first-order chi connectivity index (χ1) is 25.2. The van der Waals surface area contributed by atoms with Crippen LogP contribution in [0.5, 0.6) is 17.2 Å². The number of unbranched alkanes of at least 4 members (excludes halogenated alkanes) is 12. The third-order valence-corrected chi connectivity index (χ3v) is 9.79. The lowest BCUT2D eigenvalue weighted by Gasteiger charge is -2.13. The monoisotopic (exact) mass is 691 g/mol. The molecule has 276 valence electrons. The Hall–Kier alpha value is -3.72. The van der Waals surface area contributed by atoms with Gasteiger partial charge >= 0.3 is 0 Å². The highest BCUT2D eigenvalue weighted by atomic mass is 16.5. The van der Waals surface area contributed by atoms with Crippen molar-refractivity contribution in [3.63, 3.8) is 0 Å². The quantitative estimate of drug-likeness (QED) is 0.0583. The zero-order chi connectivity index (χ0) is 35.8. The van der Waals surface area contributed by atoms with Gasteiger partial charge in [-0.05, 0) is 103 Å². The third kappa shape index (κ3) is 15.6. The zero-order valence-electron chi connectivity index (χ0n) is 32.2. The van der Waals surface area contributed by atoms with E-state index in [1.54, 1.807) is 0 Å². The number of ether oxygens (including phenoxy) is 3. The van der Waals surface area contributed by atoms with E-state index >= 15 is 0 Å². The summed E-state index contributed by atoms with van der Waals surface area (Å²) in [6.45, 7) is 9.06. The van der Waals surface area contributed by atoms with Crippen molar-refractivity contribution in [2.45, 2.75) is 136 Å². The van der Waals surface area contributed by atoms with Gasteiger partial charge in [-0.1, -0.05) is 152 Å². The van der Waals surface area contributed by atoms with Crippen molar-refractivity contribution in [1.29, 1.82) is 0 Å². The molecule has 0 unspecified atom stereocenters. The maximum absolute atomic E-state index is 6.20. The minimum absolute atomic E-state index is 0.759. The second-order valence-corrected chi connectivity index (χ2v) is 14.3. The van der Waals surface area contributed by atoms with Crippen LogP contribution in [-0.4, -0.2) is 19.8 Å². The fourth-order valence-corrected chi connectivity index (χ4v) is 6.54. The molecule has 0 fully saturated rings. The van der Waals surface area contributed by atoms with Gasteiger partial charge in [0, 0.05) is 6.07 Å². The van der Waals surface area contributed by atoms with E-state index < -0.39 is 0 Å². The SMILES string of the molecule is CCCCCCOc1ccc(-c2ccc(CCCCCCc3ccc(-c4cc(OCCCCCC)cc(OCCCCCC)c4)cc3)cc2)cc1. The normalized spacial score (nSPS) is 11.1. The summed E-state index contributed by atoms with van der Waals surface area (Å²) in [5, 5.41) is 0. The van der Waals surface area contributed by atoms with Crippen molar-refractivity contribution >= 4 is 0 Å². The van der Waals surface area contributed by atoms with Crippen LogP contribution >= 0.6 is 0 Å². The summed E-state index contributed by atoms with van der Waals surface area (Å²) in [5.74, 6) is 2.80. The minimum Gasteiger partial charge on any atom is -0.494 e. The van der Waals surface area contributed by atoms with Gasteiger partial charge in [0.25, 0.3) is 0 Å². The van der Waals surface area contributed by atoms with Gasteiger partial charge in [0.15, 0.2) is 0 Å². The molecule has 0 aliphatic heterocycles. The molecule has 0 aliphatic carbocycles. The van der Waals surface area contributed by atoms with Crippen molar-refractivity contribution < 1.29 is 14.2 Å². The molecule has 0 amide bonds. The first kappa shape index (κ1) is 40.1. The smallest absolute Gasteiger partial charge is 0.123 e. The maximum atomic E-state index is 6.20. The molecule has 4 aromatic rings. The first-order valence-electron chi connectivity index (χ1n) is 20.5. The molecule has 3 heteroatoms. The molecule has 0 saturated carbocycles. The Labute approximate surface area is 311 Å². The standard InChI is InChI=1S/C48H66O3/c1-4-7-10-17-34-49-46-32-30-43(31-33-46)42-26-22-40(23-27-42)20-15-13-14-16-21-41-24-28-44(29-25-41)45-37-47(50-35-18-11-8-5-2)39-48(38-45)51-36-19-12-9-6-3/h22-33,37-39H,4-21,34-36H2,1-3H3. The molecular formula is C48H66O3. The summed E-state index contributed by atoms with van der Waals surface area (Å²) in [4.78, 5) is 0. The Morgan fingerprint density at radius 2 is 0.667 bits per heavy atom. The second-order valence-electron chi connectivity index (χ2n) is 14.3. The highest BCUT2D eigenvalue weighted by molar-refractivity contribution is 5.67. The highest BCUT2D eigenvalue weighted by Crippen LogP contribution is 2.31. The van der Waals surface area contributed by atoms with E-state index in [0.717, 1.165) is 69.2 Å². The fourth-order valence-electron chi connectivity index (χ4n) is 6.54. The zero-order valence-corrected chi connectivity index (χ0v) is 32.2. The lowest BCUT2D eigenvalue weighted by molar-refractivity contribution is 0.290. The van der Waals surface area contributed by atoms with Gasteiger partial charge in [-0.3, -0.25) is 0 Å². The second kappa shape index (κ2) is 24.5. The first-order valence-corrected chi connectivity index (χ1v) is 20.5. The van der Waals surface area contributed by atoms with Crippen molar-refractivity contribution in [2.75, 3.05) is 19.8 Å². The van der Waals surface area contributed by atoms with Crippen molar-refractivity contribution in [1.82, 2.24) is 0 Å². The van der Waals surface area contributed by atoms with Crippen LogP contribution in [0.3, 0.4) is 0 Å². The summed E-state index contributed by atoms with van der Waals surface area (Å²) >= 11 is 0. The molecule has 0 saturated heterocycles. The van der Waals surface area contributed by atoms with Crippen LogP contribution in [0.15, 0.2) is 91.0 Å². The summed E-state index contributed by atoms with van der Waals surface area (Å²) in [6.07, 6.45) is 21.9. The molecular weight excluding hydrogens is 625 g/mol. The van der Waals surface area contributed by atoms with Gasteiger partial charge < -0.3 is 14.2 Å². The highest BCUT2D eigenvalue weighted by Gasteiger charge is 2.08. The summed E-state index contributed by atoms with van der Waals surface area (Å²) in [7, 11) is 0. The molecule has 3 nitrogen and oxygen atoms in total. The molecule has 4 aromatic carbocycles. The van der Waals surface area contributed by atoms with E-state index in [2.05, 4.69) is 112 Å². The molecule has 0 N–H and O–H groups in total. The number of aryl methyl sites for hydroxylation is 2. The number of rotatable bonds is 27. The van der Waals surface area contributed by atoms with E-state index in [4.69, 9.17) is 14.2 Å². The summed E-state index contributed by atoms with van der Waals surface area (Å²) < 4.78 is 18.3. The molecule has 4 rings (SSSR count). The fraction of sp³-hybridized carbons (Fsp3) is 0.500. The van der Waals surface area contributed by atoms with Crippen LogP contribution in [0.2, 0.25) is 0 Å². The molecule has 0 aromatic heterocycles. The molecule has 51 heavy (non-hydrogen) atoms. The van der Waals surface area contributed by atoms with E-state index in [1.807, 2.05) is 0 Å². The lowest BCUT2D eigenvalue weighted by atomic mass is 9.99. The Bertz CT molecular complexity index is 1420. The Balaban J connectivity index is 1.17.